The smallest absolute Gasteiger partial charge is 0.401 e. The van der Waals surface area contributed by atoms with E-state index in [1.165, 1.54) is 37.7 Å². The quantitative estimate of drug-likeness (QED) is 0.185. The molecule has 1 aromatic heterocycles. The van der Waals surface area contributed by atoms with Crippen LogP contribution in [0.4, 0.5) is 0 Å². The molecule has 7 rings (SSSR count). The van der Waals surface area contributed by atoms with Crippen molar-refractivity contribution >= 4 is 55.8 Å². The lowest BCUT2D eigenvalue weighted by atomic mass is 9.78. The van der Waals surface area contributed by atoms with Crippen LogP contribution in [0.15, 0.2) is 97.1 Å². The molecule has 1 atom stereocenters. The second-order valence-corrected chi connectivity index (χ2v) is 11.3. The fourth-order valence-electron chi connectivity index (χ4n) is 6.41. The van der Waals surface area contributed by atoms with Crippen LogP contribution in [-0.4, -0.2) is 23.8 Å². The molecule has 0 bridgehead atoms. The van der Waals surface area contributed by atoms with Crippen molar-refractivity contribution in [3.8, 4) is 11.3 Å². The molecule has 0 saturated carbocycles. The maximum absolute atomic E-state index is 6.37. The van der Waals surface area contributed by atoms with Crippen molar-refractivity contribution < 1.29 is 9.31 Å². The van der Waals surface area contributed by atoms with E-state index in [1.54, 1.807) is 0 Å². The van der Waals surface area contributed by atoms with E-state index >= 15 is 0 Å². The molecular formula is C34H30BNO2. The van der Waals surface area contributed by atoms with Gasteiger partial charge in [0.1, 0.15) is 0 Å². The van der Waals surface area contributed by atoms with Crippen LogP contribution >= 0.6 is 0 Å². The van der Waals surface area contributed by atoms with E-state index in [0.29, 0.717) is 5.92 Å². The van der Waals surface area contributed by atoms with Gasteiger partial charge in [0.15, 0.2) is 0 Å². The van der Waals surface area contributed by atoms with Gasteiger partial charge in [0.05, 0.1) is 22.9 Å². The van der Waals surface area contributed by atoms with Gasteiger partial charge in [0, 0.05) is 21.7 Å². The van der Waals surface area contributed by atoms with Crippen molar-refractivity contribution in [2.24, 2.45) is 5.92 Å². The highest BCUT2D eigenvalue weighted by molar-refractivity contribution is 6.62. The normalized spacial score (nSPS) is 17.4. The maximum atomic E-state index is 6.37. The summed E-state index contributed by atoms with van der Waals surface area (Å²) in [6.07, 6.45) is 0.0536. The topological polar surface area (TPSA) is 31.4 Å². The van der Waals surface area contributed by atoms with Gasteiger partial charge in [-0.1, -0.05) is 105 Å². The molecule has 1 fully saturated rings. The van der Waals surface area contributed by atoms with Gasteiger partial charge in [-0.25, -0.2) is 4.98 Å². The first-order valence-corrected chi connectivity index (χ1v) is 13.5. The number of fused-ring (bicyclic) bond motifs is 8. The number of rotatable bonds is 3. The monoisotopic (exact) mass is 495 g/mol. The third-order valence-electron chi connectivity index (χ3n) is 8.00. The van der Waals surface area contributed by atoms with Crippen LogP contribution < -0.4 is 5.46 Å². The molecule has 38 heavy (non-hydrogen) atoms. The van der Waals surface area contributed by atoms with Crippen molar-refractivity contribution in [3.05, 3.63) is 97.1 Å². The number of hydrogen-bond acceptors (Lipinski definition) is 3. The number of nitrogens with zero attached hydrogens (tertiary/aromatic N) is 1. The molecule has 0 spiro atoms. The van der Waals surface area contributed by atoms with Gasteiger partial charge in [-0.3, -0.25) is 0 Å². The fourth-order valence-corrected chi connectivity index (χ4v) is 6.41. The van der Waals surface area contributed by atoms with E-state index in [2.05, 4.69) is 125 Å². The molecule has 0 amide bonds. The van der Waals surface area contributed by atoms with Crippen molar-refractivity contribution in [1.82, 2.24) is 4.98 Å². The zero-order valence-electron chi connectivity index (χ0n) is 22.2. The lowest BCUT2D eigenvalue weighted by Crippen LogP contribution is -2.36. The molecule has 3 nitrogen and oxygen atoms in total. The minimum atomic E-state index is -0.363. The number of benzene rings is 5. The van der Waals surface area contributed by atoms with Gasteiger partial charge in [-0.05, 0) is 52.8 Å². The van der Waals surface area contributed by atoms with Gasteiger partial charge >= 0.3 is 7.12 Å². The van der Waals surface area contributed by atoms with Crippen molar-refractivity contribution in [3.63, 3.8) is 0 Å². The molecule has 0 N–H and O–H groups in total. The Kier molecular flexibility index (Phi) is 5.33. The summed E-state index contributed by atoms with van der Waals surface area (Å²) in [7, 11) is -0.363. The summed E-state index contributed by atoms with van der Waals surface area (Å²) in [5.41, 5.74) is 3.80. The van der Waals surface area contributed by atoms with E-state index in [9.17, 15) is 0 Å². The van der Waals surface area contributed by atoms with Crippen LogP contribution in [0.1, 0.15) is 27.7 Å². The van der Waals surface area contributed by atoms with Crippen LogP contribution in [0.25, 0.3) is 54.5 Å². The Morgan fingerprint density at radius 2 is 1.24 bits per heavy atom. The highest BCUT2D eigenvalue weighted by Gasteiger charge is 2.47. The van der Waals surface area contributed by atoms with Crippen molar-refractivity contribution in [2.45, 2.75) is 39.4 Å². The summed E-state index contributed by atoms with van der Waals surface area (Å²) < 4.78 is 12.7. The Labute approximate surface area is 223 Å². The van der Waals surface area contributed by atoms with E-state index in [0.717, 1.165) is 22.2 Å². The third-order valence-corrected chi connectivity index (χ3v) is 8.00. The largest absolute Gasteiger partial charge is 0.494 e. The maximum Gasteiger partial charge on any atom is 0.494 e. The minimum Gasteiger partial charge on any atom is -0.401 e. The average Bonchev–Trinajstić information content (AvgIpc) is 3.27. The van der Waals surface area contributed by atoms with Gasteiger partial charge in [-0.15, -0.1) is 0 Å². The zero-order valence-corrected chi connectivity index (χ0v) is 22.2. The molecule has 5 aromatic carbocycles. The van der Waals surface area contributed by atoms with Crippen LogP contribution in [-0.2, 0) is 9.31 Å². The average molecular weight is 495 g/mol. The molecule has 186 valence electrons. The second-order valence-electron chi connectivity index (χ2n) is 11.3. The molecule has 1 aliphatic rings. The molecular weight excluding hydrogens is 465 g/mol. The predicted octanol–water partition coefficient (Wildman–Crippen LogP) is 7.91. The summed E-state index contributed by atoms with van der Waals surface area (Å²) in [6.45, 7) is 8.61. The number of aromatic nitrogens is 1. The molecule has 6 aromatic rings. The van der Waals surface area contributed by atoms with Gasteiger partial charge in [-0.2, -0.15) is 0 Å². The highest BCUT2D eigenvalue weighted by atomic mass is 16.7. The summed E-state index contributed by atoms with van der Waals surface area (Å²) in [5.74, 6) is 0.380. The van der Waals surface area contributed by atoms with Gasteiger partial charge in [0.2, 0.25) is 0 Å². The van der Waals surface area contributed by atoms with Crippen LogP contribution in [0.3, 0.4) is 0 Å². The Hall–Kier alpha value is -3.73. The molecule has 2 heterocycles. The minimum absolute atomic E-state index is 0.0536. The second kappa shape index (κ2) is 8.66. The molecule has 4 heteroatoms. The van der Waals surface area contributed by atoms with Gasteiger partial charge < -0.3 is 9.31 Å². The van der Waals surface area contributed by atoms with Crippen LogP contribution in [0.2, 0.25) is 0 Å². The first kappa shape index (κ1) is 23.4. The molecule has 1 unspecified atom stereocenters. The lowest BCUT2D eigenvalue weighted by Gasteiger charge is -2.28. The summed E-state index contributed by atoms with van der Waals surface area (Å²) in [6, 6.07) is 34.5. The van der Waals surface area contributed by atoms with Crippen molar-refractivity contribution in [1.29, 1.82) is 0 Å². The molecule has 1 saturated heterocycles. The highest BCUT2D eigenvalue weighted by Crippen LogP contribution is 2.42. The first-order valence-electron chi connectivity index (χ1n) is 13.5. The Morgan fingerprint density at radius 3 is 1.84 bits per heavy atom. The fraction of sp³-hybridized carbons (Fsp3) is 0.206. The van der Waals surface area contributed by atoms with Crippen LogP contribution in [0.5, 0.6) is 0 Å². The summed E-state index contributed by atoms with van der Waals surface area (Å²) in [4.78, 5) is 5.25. The van der Waals surface area contributed by atoms with Crippen molar-refractivity contribution in [2.75, 3.05) is 0 Å². The number of para-hydroxylation sites is 1. The predicted molar refractivity (Wildman–Crippen MR) is 160 cm³/mol. The Balaban J connectivity index is 1.46. The summed E-state index contributed by atoms with van der Waals surface area (Å²) in [5, 5.41) is 8.63. The third kappa shape index (κ3) is 3.55. The standard InChI is InChI=1S/C34H30BNO2/c1-21(2)33-34(3,4)38-35(37-33)23-19-17-22(18-20-23)32-31-27-14-8-6-12-25(27)24-11-5-7-13-26(24)30(31)28-15-9-10-16-29(28)36-32/h5-21,33H,1-4H3. The molecule has 1 aliphatic heterocycles. The number of hydrogen-bond donors (Lipinski definition) is 0. The van der Waals surface area contributed by atoms with E-state index in [1.807, 2.05) is 0 Å². The number of pyridine rings is 1. The van der Waals surface area contributed by atoms with E-state index in [4.69, 9.17) is 14.3 Å². The summed E-state index contributed by atoms with van der Waals surface area (Å²) >= 11 is 0. The Bertz CT molecular complexity index is 1840. The van der Waals surface area contributed by atoms with Crippen LogP contribution in [0, 0.1) is 5.92 Å². The van der Waals surface area contributed by atoms with Gasteiger partial charge in [0.25, 0.3) is 0 Å². The lowest BCUT2D eigenvalue weighted by molar-refractivity contribution is 0.0438. The Morgan fingerprint density at radius 1 is 0.684 bits per heavy atom. The zero-order chi connectivity index (χ0) is 26.0. The van der Waals surface area contributed by atoms with E-state index < -0.39 is 0 Å². The molecule has 0 radical (unpaired) electrons. The molecule has 0 aliphatic carbocycles. The SMILES string of the molecule is CC(C)C1OB(c2ccc(-c3nc4ccccc4c4c5ccccc5c5ccccc5c34)cc2)OC1(C)C. The first-order chi connectivity index (χ1) is 18.4. The van der Waals surface area contributed by atoms with E-state index in [-0.39, 0.29) is 18.8 Å².